The van der Waals surface area contributed by atoms with Gasteiger partial charge in [0.05, 0.1) is 5.69 Å². The second-order valence-corrected chi connectivity index (χ2v) is 3.43. The van der Waals surface area contributed by atoms with Gasteiger partial charge in [-0.05, 0) is 13.6 Å². The van der Waals surface area contributed by atoms with Gasteiger partial charge in [0.1, 0.15) is 0 Å². The van der Waals surface area contributed by atoms with Crippen LogP contribution in [0.15, 0.2) is 6.20 Å². The summed E-state index contributed by atoms with van der Waals surface area (Å²) < 4.78 is 1.71. The Morgan fingerprint density at radius 2 is 2.36 bits per heavy atom. The van der Waals surface area contributed by atoms with Crippen LogP contribution in [-0.4, -0.2) is 41.4 Å². The van der Waals surface area contributed by atoms with Crippen LogP contribution in [0.25, 0.3) is 0 Å². The molecular formula is C9H19N5. The van der Waals surface area contributed by atoms with Crippen molar-refractivity contribution in [1.29, 1.82) is 0 Å². The minimum Gasteiger partial charge on any atom is -0.394 e. The lowest BCUT2D eigenvalue weighted by atomic mass is 10.5. The fourth-order valence-corrected chi connectivity index (χ4v) is 1.17. The minimum atomic E-state index is 0.701. The van der Waals surface area contributed by atoms with E-state index in [2.05, 4.69) is 29.3 Å². The molecule has 0 radical (unpaired) electrons. The summed E-state index contributed by atoms with van der Waals surface area (Å²) in [7, 11) is 3.95. The number of aromatic nitrogens is 2. The third-order valence-electron chi connectivity index (χ3n) is 2.18. The summed E-state index contributed by atoms with van der Waals surface area (Å²) in [6.45, 7) is 5.05. The summed E-state index contributed by atoms with van der Waals surface area (Å²) >= 11 is 0. The van der Waals surface area contributed by atoms with E-state index in [0.29, 0.717) is 5.69 Å². The fraction of sp³-hybridized carbons (Fsp3) is 0.667. The summed E-state index contributed by atoms with van der Waals surface area (Å²) in [5.41, 5.74) is 6.43. The Bertz CT molecular complexity index is 281. The quantitative estimate of drug-likeness (QED) is 0.716. The standard InChI is InChI=1S/C9H19N5/c1-4-13(2)6-5-11-9-8(10)7-14(3)12-9/h7H,4-6,10H2,1-3H3,(H,11,12). The van der Waals surface area contributed by atoms with Crippen LogP contribution in [0.2, 0.25) is 0 Å². The summed E-state index contributed by atoms with van der Waals surface area (Å²) in [6, 6.07) is 0. The Hall–Kier alpha value is -1.23. The molecule has 0 aliphatic carbocycles. The Morgan fingerprint density at radius 3 is 2.86 bits per heavy atom. The van der Waals surface area contributed by atoms with Gasteiger partial charge in [0.15, 0.2) is 5.82 Å². The van der Waals surface area contributed by atoms with Crippen molar-refractivity contribution >= 4 is 11.5 Å². The van der Waals surface area contributed by atoms with E-state index < -0.39 is 0 Å². The van der Waals surface area contributed by atoms with Crippen LogP contribution in [-0.2, 0) is 7.05 Å². The van der Waals surface area contributed by atoms with Gasteiger partial charge in [-0.1, -0.05) is 6.92 Å². The molecule has 80 valence electrons. The summed E-state index contributed by atoms with van der Waals surface area (Å²) in [5.74, 6) is 0.775. The van der Waals surface area contributed by atoms with Gasteiger partial charge in [0.25, 0.3) is 0 Å². The van der Waals surface area contributed by atoms with E-state index in [1.807, 2.05) is 7.05 Å². The SMILES string of the molecule is CCN(C)CCNc1nn(C)cc1N. The van der Waals surface area contributed by atoms with Gasteiger partial charge < -0.3 is 16.0 Å². The fourth-order valence-electron chi connectivity index (χ4n) is 1.17. The molecule has 1 rings (SSSR count). The maximum absolute atomic E-state index is 5.73. The molecule has 0 spiro atoms. The van der Waals surface area contributed by atoms with E-state index in [9.17, 15) is 0 Å². The zero-order chi connectivity index (χ0) is 10.6. The second kappa shape index (κ2) is 4.85. The molecule has 5 nitrogen and oxygen atoms in total. The van der Waals surface area contributed by atoms with Gasteiger partial charge in [-0.3, -0.25) is 4.68 Å². The number of nitrogen functional groups attached to an aromatic ring is 1. The number of nitrogens with one attached hydrogen (secondary N) is 1. The highest BCUT2D eigenvalue weighted by Crippen LogP contribution is 2.13. The number of nitrogens with zero attached hydrogens (tertiary/aromatic N) is 3. The molecule has 0 amide bonds. The molecule has 0 aliphatic heterocycles. The first kappa shape index (κ1) is 10.8. The number of hydrogen-bond donors (Lipinski definition) is 2. The Kier molecular flexibility index (Phi) is 3.76. The predicted octanol–water partition coefficient (Wildman–Crippen LogP) is 0.366. The van der Waals surface area contributed by atoms with Gasteiger partial charge >= 0.3 is 0 Å². The van der Waals surface area contributed by atoms with Crippen LogP contribution in [0.5, 0.6) is 0 Å². The Balaban J connectivity index is 2.34. The lowest BCUT2D eigenvalue weighted by Gasteiger charge is -2.13. The second-order valence-electron chi connectivity index (χ2n) is 3.43. The van der Waals surface area contributed by atoms with Crippen LogP contribution >= 0.6 is 0 Å². The van der Waals surface area contributed by atoms with Crippen LogP contribution in [0, 0.1) is 0 Å². The van der Waals surface area contributed by atoms with E-state index in [1.165, 1.54) is 0 Å². The molecular weight excluding hydrogens is 178 g/mol. The molecule has 1 heterocycles. The average molecular weight is 197 g/mol. The number of hydrogen-bond acceptors (Lipinski definition) is 4. The molecule has 0 bridgehead atoms. The van der Waals surface area contributed by atoms with E-state index >= 15 is 0 Å². The normalized spacial score (nSPS) is 10.9. The average Bonchev–Trinajstić information content (AvgIpc) is 2.45. The number of likely N-dealkylation sites (N-methyl/N-ethyl adjacent to an activating group) is 1. The third-order valence-corrected chi connectivity index (χ3v) is 2.18. The van der Waals surface area contributed by atoms with Crippen molar-refractivity contribution < 1.29 is 0 Å². The molecule has 0 saturated carbocycles. The van der Waals surface area contributed by atoms with E-state index in [1.54, 1.807) is 10.9 Å². The van der Waals surface area contributed by atoms with E-state index in [-0.39, 0.29) is 0 Å². The van der Waals surface area contributed by atoms with Gasteiger partial charge in [-0.15, -0.1) is 0 Å². The molecule has 1 aromatic heterocycles. The third kappa shape index (κ3) is 2.92. The maximum Gasteiger partial charge on any atom is 0.171 e. The molecule has 5 heteroatoms. The van der Waals surface area contributed by atoms with Crippen LogP contribution < -0.4 is 11.1 Å². The first-order valence-corrected chi connectivity index (χ1v) is 4.85. The van der Waals surface area contributed by atoms with Gasteiger partial charge in [0.2, 0.25) is 0 Å². The lowest BCUT2D eigenvalue weighted by molar-refractivity contribution is 0.367. The zero-order valence-corrected chi connectivity index (χ0v) is 9.12. The molecule has 14 heavy (non-hydrogen) atoms. The van der Waals surface area contributed by atoms with Crippen LogP contribution in [0.1, 0.15) is 6.92 Å². The van der Waals surface area contributed by atoms with Gasteiger partial charge in [-0.25, -0.2) is 0 Å². The van der Waals surface area contributed by atoms with E-state index in [0.717, 1.165) is 25.5 Å². The van der Waals surface area contributed by atoms with Crippen molar-refractivity contribution in [1.82, 2.24) is 14.7 Å². The van der Waals surface area contributed by atoms with Crippen molar-refractivity contribution in [2.75, 3.05) is 37.7 Å². The monoisotopic (exact) mass is 197 g/mol. The number of anilines is 2. The maximum atomic E-state index is 5.73. The summed E-state index contributed by atoms with van der Waals surface area (Å²) in [5, 5.41) is 7.40. The molecule has 3 N–H and O–H groups in total. The van der Waals surface area contributed by atoms with Gasteiger partial charge in [-0.2, -0.15) is 5.10 Å². The smallest absolute Gasteiger partial charge is 0.171 e. The molecule has 0 aliphatic rings. The number of nitrogens with two attached hydrogens (primary N) is 1. The highest BCUT2D eigenvalue weighted by atomic mass is 15.3. The molecule has 0 fully saturated rings. The van der Waals surface area contributed by atoms with Crippen molar-refractivity contribution in [3.05, 3.63) is 6.20 Å². The molecule has 0 saturated heterocycles. The number of aryl methyl sites for hydroxylation is 1. The van der Waals surface area contributed by atoms with Crippen LogP contribution in [0.4, 0.5) is 11.5 Å². The highest BCUT2D eigenvalue weighted by Gasteiger charge is 2.02. The van der Waals surface area contributed by atoms with Crippen LogP contribution in [0.3, 0.4) is 0 Å². The largest absolute Gasteiger partial charge is 0.394 e. The number of rotatable bonds is 5. The minimum absolute atomic E-state index is 0.701. The van der Waals surface area contributed by atoms with Crippen molar-refractivity contribution in [2.45, 2.75) is 6.92 Å². The first-order chi connectivity index (χ1) is 6.63. The van der Waals surface area contributed by atoms with Crippen molar-refractivity contribution in [3.63, 3.8) is 0 Å². The topological polar surface area (TPSA) is 59.1 Å². The highest BCUT2D eigenvalue weighted by molar-refractivity contribution is 5.59. The molecule has 0 unspecified atom stereocenters. The summed E-state index contributed by atoms with van der Waals surface area (Å²) in [6.07, 6.45) is 1.80. The molecule has 1 aromatic rings. The summed E-state index contributed by atoms with van der Waals surface area (Å²) in [4.78, 5) is 2.23. The van der Waals surface area contributed by atoms with Gasteiger partial charge in [0, 0.05) is 26.3 Å². The zero-order valence-electron chi connectivity index (χ0n) is 9.12. The Morgan fingerprint density at radius 1 is 1.64 bits per heavy atom. The first-order valence-electron chi connectivity index (χ1n) is 4.85. The molecule has 0 atom stereocenters. The predicted molar refractivity (Wildman–Crippen MR) is 59.3 cm³/mol. The van der Waals surface area contributed by atoms with E-state index in [4.69, 9.17) is 5.73 Å². The molecule has 0 aromatic carbocycles. The Labute approximate surface area is 84.9 Å². The van der Waals surface area contributed by atoms with Crippen molar-refractivity contribution in [2.24, 2.45) is 7.05 Å². The van der Waals surface area contributed by atoms with Crippen molar-refractivity contribution in [3.8, 4) is 0 Å². The lowest BCUT2D eigenvalue weighted by Crippen LogP contribution is -2.25.